The Labute approximate surface area is 163 Å². The molecular weight excluding hydrogens is 362 g/mol. The lowest BCUT2D eigenvalue weighted by Crippen LogP contribution is -2.50. The highest BCUT2D eigenvalue weighted by molar-refractivity contribution is 6.30. The van der Waals surface area contributed by atoms with Crippen molar-refractivity contribution in [3.63, 3.8) is 0 Å². The Kier molecular flexibility index (Phi) is 5.12. The molecule has 0 bridgehead atoms. The van der Waals surface area contributed by atoms with Gasteiger partial charge in [-0.25, -0.2) is 4.98 Å². The van der Waals surface area contributed by atoms with Crippen LogP contribution in [0.3, 0.4) is 0 Å². The van der Waals surface area contributed by atoms with Gasteiger partial charge in [-0.3, -0.25) is 4.79 Å². The summed E-state index contributed by atoms with van der Waals surface area (Å²) in [6.45, 7) is 2.86. The molecule has 27 heavy (non-hydrogen) atoms. The van der Waals surface area contributed by atoms with Crippen LogP contribution >= 0.6 is 11.6 Å². The number of amides is 1. The van der Waals surface area contributed by atoms with Gasteiger partial charge in [0.2, 0.25) is 0 Å². The van der Waals surface area contributed by atoms with Crippen molar-refractivity contribution >= 4 is 34.1 Å². The van der Waals surface area contributed by atoms with Gasteiger partial charge in [-0.1, -0.05) is 41.9 Å². The molecule has 0 spiro atoms. The average Bonchev–Trinajstić information content (AvgIpc) is 2.72. The first-order valence-electron chi connectivity index (χ1n) is 8.95. The summed E-state index contributed by atoms with van der Waals surface area (Å²) in [5, 5.41) is 2.88. The Morgan fingerprint density at radius 2 is 1.78 bits per heavy atom. The van der Waals surface area contributed by atoms with Gasteiger partial charge < -0.3 is 14.5 Å². The largest absolute Gasteiger partial charge is 0.484 e. The minimum atomic E-state index is 0.00636. The molecule has 0 atom stereocenters. The molecule has 1 aliphatic rings. The third-order valence-corrected chi connectivity index (χ3v) is 4.97. The van der Waals surface area contributed by atoms with E-state index in [4.69, 9.17) is 16.3 Å². The van der Waals surface area contributed by atoms with Crippen LogP contribution in [0.2, 0.25) is 5.02 Å². The van der Waals surface area contributed by atoms with E-state index in [-0.39, 0.29) is 12.5 Å². The third kappa shape index (κ3) is 4.14. The zero-order valence-corrected chi connectivity index (χ0v) is 15.6. The highest BCUT2D eigenvalue weighted by Crippen LogP contribution is 2.21. The fraction of sp³-hybridized carbons (Fsp3) is 0.238. The van der Waals surface area contributed by atoms with Crippen molar-refractivity contribution in [1.82, 2.24) is 9.88 Å². The maximum Gasteiger partial charge on any atom is 0.260 e. The highest BCUT2D eigenvalue weighted by Gasteiger charge is 2.22. The monoisotopic (exact) mass is 381 g/mol. The first-order valence-corrected chi connectivity index (χ1v) is 9.33. The number of pyridine rings is 1. The zero-order chi connectivity index (χ0) is 18.6. The molecule has 3 aromatic rings. The molecule has 6 heteroatoms. The number of benzene rings is 2. The molecule has 4 rings (SSSR count). The molecule has 1 aromatic heterocycles. The zero-order valence-electron chi connectivity index (χ0n) is 14.8. The number of hydrogen-bond donors (Lipinski definition) is 0. The van der Waals surface area contributed by atoms with Crippen molar-refractivity contribution in [3.05, 3.63) is 65.8 Å². The van der Waals surface area contributed by atoms with Gasteiger partial charge in [-0.2, -0.15) is 0 Å². The molecule has 0 unspecified atom stereocenters. The van der Waals surface area contributed by atoms with Crippen LogP contribution in [0.5, 0.6) is 5.75 Å². The first-order chi connectivity index (χ1) is 13.2. The second kappa shape index (κ2) is 7.84. The molecule has 0 radical (unpaired) electrons. The van der Waals surface area contributed by atoms with Gasteiger partial charge in [0.25, 0.3) is 5.91 Å². The third-order valence-electron chi connectivity index (χ3n) is 4.75. The highest BCUT2D eigenvalue weighted by atomic mass is 35.5. The van der Waals surface area contributed by atoms with Crippen LogP contribution in [0, 0.1) is 0 Å². The van der Waals surface area contributed by atoms with Gasteiger partial charge in [-0.15, -0.1) is 0 Å². The van der Waals surface area contributed by atoms with Crippen molar-refractivity contribution in [1.29, 1.82) is 0 Å². The number of hydrogen-bond acceptors (Lipinski definition) is 4. The van der Waals surface area contributed by atoms with Crippen molar-refractivity contribution < 1.29 is 9.53 Å². The topological polar surface area (TPSA) is 45.7 Å². The fourth-order valence-corrected chi connectivity index (χ4v) is 3.35. The van der Waals surface area contributed by atoms with Crippen molar-refractivity contribution in [2.75, 3.05) is 37.7 Å². The maximum absolute atomic E-state index is 12.5. The molecule has 138 valence electrons. The summed E-state index contributed by atoms with van der Waals surface area (Å²) >= 11 is 5.88. The Morgan fingerprint density at radius 1 is 1.00 bits per heavy atom. The van der Waals surface area contributed by atoms with Crippen LogP contribution in [-0.2, 0) is 4.79 Å². The molecule has 2 heterocycles. The molecule has 5 nitrogen and oxygen atoms in total. The predicted octanol–water partition coefficient (Wildman–Crippen LogP) is 3.62. The smallest absolute Gasteiger partial charge is 0.260 e. The first kappa shape index (κ1) is 17.6. The molecule has 0 saturated carbocycles. The Balaban J connectivity index is 1.30. The lowest BCUT2D eigenvalue weighted by Gasteiger charge is -2.35. The van der Waals surface area contributed by atoms with E-state index in [1.54, 1.807) is 6.20 Å². The van der Waals surface area contributed by atoms with E-state index in [1.807, 2.05) is 53.4 Å². The minimum absolute atomic E-state index is 0.00636. The van der Waals surface area contributed by atoms with E-state index in [0.29, 0.717) is 23.9 Å². The van der Waals surface area contributed by atoms with Crippen LogP contribution in [0.4, 0.5) is 5.82 Å². The molecule has 1 fully saturated rings. The SMILES string of the molecule is O=C(COc1ccc2ccccc2c1)N1CCN(c2ccc(Cl)cn2)CC1. The normalized spacial score (nSPS) is 14.4. The molecule has 1 amide bonds. The van der Waals surface area contributed by atoms with Crippen molar-refractivity contribution in [2.45, 2.75) is 0 Å². The molecule has 1 aliphatic heterocycles. The number of anilines is 1. The van der Waals surface area contributed by atoms with Gasteiger partial charge in [0.15, 0.2) is 6.61 Å². The summed E-state index contributed by atoms with van der Waals surface area (Å²) in [5.74, 6) is 1.61. The van der Waals surface area contributed by atoms with E-state index >= 15 is 0 Å². The maximum atomic E-state index is 12.5. The van der Waals surface area contributed by atoms with Gasteiger partial charge in [-0.05, 0) is 35.0 Å². The summed E-state index contributed by atoms with van der Waals surface area (Å²) in [7, 11) is 0. The number of rotatable bonds is 4. The van der Waals surface area contributed by atoms with Crippen LogP contribution in [0.1, 0.15) is 0 Å². The number of ether oxygens (including phenoxy) is 1. The Hall–Kier alpha value is -2.79. The van der Waals surface area contributed by atoms with Gasteiger partial charge >= 0.3 is 0 Å². The van der Waals surface area contributed by atoms with Gasteiger partial charge in [0, 0.05) is 32.4 Å². The van der Waals surface area contributed by atoms with Crippen LogP contribution < -0.4 is 9.64 Å². The number of carbonyl (C=O) groups is 1. The lowest BCUT2D eigenvalue weighted by molar-refractivity contribution is -0.133. The predicted molar refractivity (Wildman–Crippen MR) is 107 cm³/mol. The standard InChI is InChI=1S/C21H20ClN3O2/c22-18-6-8-20(23-14-18)24-9-11-25(12-10-24)21(26)15-27-19-7-5-16-3-1-2-4-17(16)13-19/h1-8,13-14H,9-12,15H2. The summed E-state index contributed by atoms with van der Waals surface area (Å²) in [4.78, 5) is 20.8. The molecule has 0 aliphatic carbocycles. The Bertz CT molecular complexity index is 938. The van der Waals surface area contributed by atoms with E-state index < -0.39 is 0 Å². The molecular formula is C21H20ClN3O2. The minimum Gasteiger partial charge on any atom is -0.484 e. The van der Waals surface area contributed by atoms with Crippen LogP contribution in [-0.4, -0.2) is 48.6 Å². The van der Waals surface area contributed by atoms with E-state index in [1.165, 1.54) is 0 Å². The number of carbonyl (C=O) groups excluding carboxylic acids is 1. The molecule has 1 saturated heterocycles. The number of aromatic nitrogens is 1. The number of piperazine rings is 1. The van der Waals surface area contributed by atoms with E-state index in [9.17, 15) is 4.79 Å². The molecule has 0 N–H and O–H groups in total. The molecule has 2 aromatic carbocycles. The number of fused-ring (bicyclic) bond motifs is 1. The second-order valence-electron chi connectivity index (χ2n) is 6.50. The van der Waals surface area contributed by atoms with Gasteiger partial charge in [0.05, 0.1) is 5.02 Å². The van der Waals surface area contributed by atoms with E-state index in [0.717, 1.165) is 29.7 Å². The average molecular weight is 382 g/mol. The van der Waals surface area contributed by atoms with E-state index in [2.05, 4.69) is 16.0 Å². The Morgan fingerprint density at radius 3 is 2.52 bits per heavy atom. The summed E-state index contributed by atoms with van der Waals surface area (Å²) in [6.07, 6.45) is 1.64. The van der Waals surface area contributed by atoms with Crippen LogP contribution in [0.15, 0.2) is 60.8 Å². The van der Waals surface area contributed by atoms with Gasteiger partial charge in [0.1, 0.15) is 11.6 Å². The summed E-state index contributed by atoms with van der Waals surface area (Å²) < 4.78 is 5.72. The second-order valence-corrected chi connectivity index (χ2v) is 6.94. The quantitative estimate of drug-likeness (QED) is 0.692. The number of nitrogens with zero attached hydrogens (tertiary/aromatic N) is 3. The summed E-state index contributed by atoms with van der Waals surface area (Å²) in [6, 6.07) is 17.7. The van der Waals surface area contributed by atoms with Crippen molar-refractivity contribution in [3.8, 4) is 5.75 Å². The summed E-state index contributed by atoms with van der Waals surface area (Å²) in [5.41, 5.74) is 0. The fourth-order valence-electron chi connectivity index (χ4n) is 3.23. The van der Waals surface area contributed by atoms with Crippen molar-refractivity contribution in [2.24, 2.45) is 0 Å². The lowest BCUT2D eigenvalue weighted by atomic mass is 10.1. The van der Waals surface area contributed by atoms with Crippen LogP contribution in [0.25, 0.3) is 10.8 Å². The number of halogens is 1.